The highest BCUT2D eigenvalue weighted by molar-refractivity contribution is 5.94. The number of piperidine rings is 1. The first-order valence-corrected chi connectivity index (χ1v) is 11.0. The summed E-state index contributed by atoms with van der Waals surface area (Å²) < 4.78 is 0. The van der Waals surface area contributed by atoms with Crippen LogP contribution >= 0.6 is 0 Å². The van der Waals surface area contributed by atoms with Crippen LogP contribution < -0.4 is 0 Å². The second-order valence-electron chi connectivity index (χ2n) is 8.18. The molecule has 0 spiro atoms. The van der Waals surface area contributed by atoms with Gasteiger partial charge in [0.05, 0.1) is 19.2 Å². The summed E-state index contributed by atoms with van der Waals surface area (Å²) in [6, 6.07) is 6.45. The molecule has 164 valence electrons. The Morgan fingerprint density at radius 3 is 2.10 bits per heavy atom. The first-order chi connectivity index (χ1) is 14.0. The van der Waals surface area contributed by atoms with Gasteiger partial charge in [0.25, 0.3) is 5.91 Å². The molecule has 0 aromatic heterocycles. The maximum atomic E-state index is 12.8. The van der Waals surface area contributed by atoms with Crippen molar-refractivity contribution < 1.29 is 25.2 Å². The fourth-order valence-corrected chi connectivity index (χ4v) is 3.97. The molecule has 0 saturated carbocycles. The second kappa shape index (κ2) is 12.3. The average Bonchev–Trinajstić information content (AvgIpc) is 2.73. The highest BCUT2D eigenvalue weighted by atomic mass is 16.4. The van der Waals surface area contributed by atoms with E-state index in [1.807, 2.05) is 12.1 Å². The molecule has 1 saturated heterocycles. The molecule has 0 radical (unpaired) electrons. The number of unbranched alkanes of at least 4 members (excludes halogenated alkanes) is 7. The largest absolute Gasteiger partial charge is 0.394 e. The van der Waals surface area contributed by atoms with Crippen molar-refractivity contribution in [2.24, 2.45) is 0 Å². The van der Waals surface area contributed by atoms with Gasteiger partial charge < -0.3 is 25.3 Å². The fourth-order valence-electron chi connectivity index (χ4n) is 3.97. The first kappa shape index (κ1) is 23.8. The van der Waals surface area contributed by atoms with Gasteiger partial charge in [-0.2, -0.15) is 0 Å². The number of likely N-dealkylation sites (tertiary alicyclic amines) is 1. The minimum absolute atomic E-state index is 0.123. The Kier molecular flexibility index (Phi) is 10.1. The molecule has 1 aromatic carbocycles. The molecule has 1 aliphatic heterocycles. The van der Waals surface area contributed by atoms with E-state index < -0.39 is 31.0 Å². The maximum absolute atomic E-state index is 12.8. The number of carbonyl (C=O) groups is 1. The summed E-state index contributed by atoms with van der Waals surface area (Å²) in [6.07, 6.45) is 7.21. The van der Waals surface area contributed by atoms with E-state index >= 15 is 0 Å². The molecule has 1 heterocycles. The van der Waals surface area contributed by atoms with Crippen LogP contribution in [0.5, 0.6) is 0 Å². The van der Waals surface area contributed by atoms with Gasteiger partial charge in [-0.3, -0.25) is 4.79 Å². The Labute approximate surface area is 174 Å². The first-order valence-electron chi connectivity index (χ1n) is 11.0. The molecule has 1 aromatic rings. The summed E-state index contributed by atoms with van der Waals surface area (Å²) >= 11 is 0. The van der Waals surface area contributed by atoms with Crippen molar-refractivity contribution in [3.8, 4) is 0 Å². The Balaban J connectivity index is 1.82. The molecule has 0 bridgehead atoms. The van der Waals surface area contributed by atoms with Crippen LogP contribution in [0.4, 0.5) is 0 Å². The number of carbonyl (C=O) groups excluding carboxylic acids is 1. The van der Waals surface area contributed by atoms with Gasteiger partial charge in [-0.15, -0.1) is 0 Å². The molecule has 0 aliphatic carbocycles. The smallest absolute Gasteiger partial charge is 0.254 e. The number of aliphatic hydroxyl groups is 4. The predicted molar refractivity (Wildman–Crippen MR) is 113 cm³/mol. The minimum atomic E-state index is -1.38. The van der Waals surface area contributed by atoms with E-state index in [-0.39, 0.29) is 12.5 Å². The highest BCUT2D eigenvalue weighted by Gasteiger charge is 2.43. The molecule has 29 heavy (non-hydrogen) atoms. The summed E-state index contributed by atoms with van der Waals surface area (Å²) in [5.41, 5.74) is 1.62. The standard InChI is InChI=1S/C23H37NO5/c1-2-3-4-5-6-7-8-9-10-17-11-13-18(14-12-17)23(29)24-15-20(26)22(28)21(27)19(24)16-25/h11-14,19-22,25-28H,2-10,15-16H2,1H3/t19?,20-,21+,22+/m0/s1. The molecule has 1 amide bonds. The lowest BCUT2D eigenvalue weighted by Crippen LogP contribution is -2.63. The van der Waals surface area contributed by atoms with Crippen molar-refractivity contribution >= 4 is 5.91 Å². The quantitative estimate of drug-likeness (QED) is 0.422. The minimum Gasteiger partial charge on any atom is -0.394 e. The summed E-state index contributed by atoms with van der Waals surface area (Å²) in [6.45, 7) is 1.63. The van der Waals surface area contributed by atoms with Gasteiger partial charge in [-0.05, 0) is 30.5 Å². The number of rotatable bonds is 11. The Hall–Kier alpha value is -1.47. The summed E-state index contributed by atoms with van der Waals surface area (Å²) in [4.78, 5) is 14.0. The van der Waals surface area contributed by atoms with Crippen molar-refractivity contribution in [2.75, 3.05) is 13.2 Å². The van der Waals surface area contributed by atoms with Crippen LogP contribution in [0.2, 0.25) is 0 Å². The van der Waals surface area contributed by atoms with Gasteiger partial charge in [0.2, 0.25) is 0 Å². The number of nitrogens with zero attached hydrogens (tertiary/aromatic N) is 1. The lowest BCUT2D eigenvalue weighted by molar-refractivity contribution is -0.134. The second-order valence-corrected chi connectivity index (χ2v) is 8.18. The number of aryl methyl sites for hydroxylation is 1. The summed E-state index contributed by atoms with van der Waals surface area (Å²) in [7, 11) is 0. The third kappa shape index (κ3) is 6.78. The van der Waals surface area contributed by atoms with E-state index in [0.717, 1.165) is 12.8 Å². The zero-order chi connectivity index (χ0) is 21.2. The molecule has 2 rings (SSSR count). The van der Waals surface area contributed by atoms with Gasteiger partial charge in [0, 0.05) is 5.56 Å². The van der Waals surface area contributed by atoms with Gasteiger partial charge >= 0.3 is 0 Å². The third-order valence-electron chi connectivity index (χ3n) is 5.89. The zero-order valence-electron chi connectivity index (χ0n) is 17.5. The molecule has 4 N–H and O–H groups in total. The monoisotopic (exact) mass is 407 g/mol. The van der Waals surface area contributed by atoms with E-state index in [1.54, 1.807) is 12.1 Å². The van der Waals surface area contributed by atoms with Crippen LogP contribution in [0.3, 0.4) is 0 Å². The number of amides is 1. The Bertz CT molecular complexity index is 606. The maximum Gasteiger partial charge on any atom is 0.254 e. The molecule has 1 fully saturated rings. The van der Waals surface area contributed by atoms with Gasteiger partial charge in [-0.1, -0.05) is 64.0 Å². The SMILES string of the molecule is CCCCCCCCCCc1ccc(C(=O)N2C[C@H](O)[C@@H](O)[C@H](O)C2CO)cc1. The van der Waals surface area contributed by atoms with E-state index in [0.29, 0.717) is 5.56 Å². The van der Waals surface area contributed by atoms with Gasteiger partial charge in [0.1, 0.15) is 18.3 Å². The number of β-amino-alcohol motifs (C(OH)–C–C–N with tert-alkyl or cyclic N) is 1. The van der Waals surface area contributed by atoms with E-state index in [2.05, 4.69) is 6.92 Å². The van der Waals surface area contributed by atoms with Crippen molar-refractivity contribution in [3.63, 3.8) is 0 Å². The third-order valence-corrected chi connectivity index (χ3v) is 5.89. The van der Waals surface area contributed by atoms with Crippen LogP contribution in [0.15, 0.2) is 24.3 Å². The Morgan fingerprint density at radius 2 is 1.52 bits per heavy atom. The van der Waals surface area contributed by atoms with E-state index in [9.17, 15) is 25.2 Å². The van der Waals surface area contributed by atoms with E-state index in [1.165, 1.54) is 55.4 Å². The van der Waals surface area contributed by atoms with E-state index in [4.69, 9.17) is 0 Å². The Morgan fingerprint density at radius 1 is 0.931 bits per heavy atom. The molecular weight excluding hydrogens is 370 g/mol. The van der Waals surface area contributed by atoms with Crippen LogP contribution in [0, 0.1) is 0 Å². The van der Waals surface area contributed by atoms with Crippen LogP contribution in [0.1, 0.15) is 74.2 Å². The molecule has 6 nitrogen and oxygen atoms in total. The van der Waals surface area contributed by atoms with Crippen LogP contribution in [-0.2, 0) is 6.42 Å². The topological polar surface area (TPSA) is 101 Å². The predicted octanol–water partition coefficient (Wildman–Crippen LogP) is 2.27. The summed E-state index contributed by atoms with van der Waals surface area (Å²) in [5, 5.41) is 39.3. The number of benzene rings is 1. The van der Waals surface area contributed by atoms with Crippen LogP contribution in [0.25, 0.3) is 0 Å². The number of hydrogen-bond acceptors (Lipinski definition) is 5. The van der Waals surface area contributed by atoms with Crippen molar-refractivity contribution in [2.45, 2.75) is 89.1 Å². The van der Waals surface area contributed by atoms with Crippen LogP contribution in [-0.4, -0.2) is 68.7 Å². The average molecular weight is 408 g/mol. The molecule has 1 aliphatic rings. The van der Waals surface area contributed by atoms with Crippen molar-refractivity contribution in [1.82, 2.24) is 4.90 Å². The fraction of sp³-hybridized carbons (Fsp3) is 0.696. The zero-order valence-corrected chi connectivity index (χ0v) is 17.5. The molecule has 6 heteroatoms. The molecule has 4 atom stereocenters. The number of aliphatic hydroxyl groups excluding tert-OH is 4. The van der Waals surface area contributed by atoms with Gasteiger partial charge in [-0.25, -0.2) is 0 Å². The molecular formula is C23H37NO5. The van der Waals surface area contributed by atoms with Crippen molar-refractivity contribution in [1.29, 1.82) is 0 Å². The normalized spacial score (nSPS) is 24.7. The highest BCUT2D eigenvalue weighted by Crippen LogP contribution is 2.22. The van der Waals surface area contributed by atoms with Crippen molar-refractivity contribution in [3.05, 3.63) is 35.4 Å². The summed E-state index contributed by atoms with van der Waals surface area (Å²) in [5.74, 6) is -0.368. The lowest BCUT2D eigenvalue weighted by Gasteiger charge is -2.43. The lowest BCUT2D eigenvalue weighted by atomic mass is 9.93. The number of hydrogen-bond donors (Lipinski definition) is 4. The van der Waals surface area contributed by atoms with Gasteiger partial charge in [0.15, 0.2) is 0 Å². The molecule has 1 unspecified atom stereocenters.